The van der Waals surface area contributed by atoms with Gasteiger partial charge < -0.3 is 4.74 Å². The van der Waals surface area contributed by atoms with Crippen molar-refractivity contribution in [3.63, 3.8) is 0 Å². The van der Waals surface area contributed by atoms with E-state index in [-0.39, 0.29) is 5.41 Å². The molecule has 2 aromatic rings. The summed E-state index contributed by atoms with van der Waals surface area (Å²) in [5.74, 6) is 1.84. The molecule has 1 aliphatic rings. The van der Waals surface area contributed by atoms with Gasteiger partial charge in [0.05, 0.1) is 0 Å². The van der Waals surface area contributed by atoms with Gasteiger partial charge in [-0.05, 0) is 24.3 Å². The van der Waals surface area contributed by atoms with Crippen LogP contribution in [0.5, 0.6) is 11.5 Å². The third kappa shape index (κ3) is 1.54. The van der Waals surface area contributed by atoms with Gasteiger partial charge in [-0.3, -0.25) is 0 Å². The minimum atomic E-state index is -0.0743. The van der Waals surface area contributed by atoms with E-state index in [9.17, 15) is 0 Å². The second kappa shape index (κ2) is 3.51. The van der Waals surface area contributed by atoms with Crippen LogP contribution in [0.3, 0.4) is 0 Å². The molecule has 1 heterocycles. The van der Waals surface area contributed by atoms with Crippen molar-refractivity contribution in [2.24, 2.45) is 0 Å². The van der Waals surface area contributed by atoms with Crippen LogP contribution in [0.25, 0.3) is 0 Å². The van der Waals surface area contributed by atoms with Gasteiger partial charge in [-0.1, -0.05) is 43.6 Å². The number of halogens is 1. The van der Waals surface area contributed by atoms with Crippen LogP contribution in [0.4, 0.5) is 0 Å². The lowest BCUT2D eigenvalue weighted by Crippen LogP contribution is -2.24. The van der Waals surface area contributed by atoms with Crippen molar-refractivity contribution in [2.45, 2.75) is 19.3 Å². The first-order chi connectivity index (χ1) is 8.09. The molecule has 0 spiro atoms. The maximum atomic E-state index is 6.08. The lowest BCUT2D eigenvalue weighted by Gasteiger charge is -2.34. The van der Waals surface area contributed by atoms with Crippen molar-refractivity contribution >= 4 is 11.6 Å². The molecule has 0 unspecified atom stereocenters. The summed E-state index contributed by atoms with van der Waals surface area (Å²) in [5, 5.41) is 0.750. The van der Waals surface area contributed by atoms with E-state index >= 15 is 0 Å². The second-order valence-corrected chi connectivity index (χ2v) is 5.30. The Kier molecular flexibility index (Phi) is 2.20. The fraction of sp³-hybridized carbons (Fsp3) is 0.200. The maximum absolute atomic E-state index is 6.08. The Morgan fingerprint density at radius 3 is 2.47 bits per heavy atom. The summed E-state index contributed by atoms with van der Waals surface area (Å²) >= 11 is 6.08. The Morgan fingerprint density at radius 2 is 1.65 bits per heavy atom. The first kappa shape index (κ1) is 10.7. The van der Waals surface area contributed by atoms with Crippen molar-refractivity contribution in [3.05, 3.63) is 58.6 Å². The van der Waals surface area contributed by atoms with Crippen LogP contribution in [0.2, 0.25) is 5.02 Å². The van der Waals surface area contributed by atoms with Gasteiger partial charge in [0, 0.05) is 21.6 Å². The van der Waals surface area contributed by atoms with Crippen LogP contribution in [0, 0.1) is 0 Å². The fourth-order valence-electron chi connectivity index (χ4n) is 2.42. The molecule has 0 fully saturated rings. The molecule has 0 bridgehead atoms. The van der Waals surface area contributed by atoms with Crippen LogP contribution < -0.4 is 4.74 Å². The van der Waals surface area contributed by atoms with Crippen LogP contribution >= 0.6 is 11.6 Å². The highest BCUT2D eigenvalue weighted by molar-refractivity contribution is 6.30. The summed E-state index contributed by atoms with van der Waals surface area (Å²) in [4.78, 5) is 0. The highest BCUT2D eigenvalue weighted by atomic mass is 35.5. The smallest absolute Gasteiger partial charge is 0.131 e. The lowest BCUT2D eigenvalue weighted by molar-refractivity contribution is 0.418. The molecule has 0 saturated carbocycles. The van der Waals surface area contributed by atoms with Crippen LogP contribution in [0.15, 0.2) is 42.5 Å². The highest BCUT2D eigenvalue weighted by Gasteiger charge is 2.33. The topological polar surface area (TPSA) is 9.23 Å². The summed E-state index contributed by atoms with van der Waals surface area (Å²) in [7, 11) is 0. The van der Waals surface area contributed by atoms with E-state index in [1.54, 1.807) is 0 Å². The Balaban J connectivity index is 2.27. The monoisotopic (exact) mass is 244 g/mol. The molecule has 0 radical (unpaired) electrons. The van der Waals surface area contributed by atoms with E-state index in [4.69, 9.17) is 16.3 Å². The molecule has 3 rings (SSSR count). The number of para-hydroxylation sites is 1. The number of rotatable bonds is 0. The Labute approximate surface area is 106 Å². The summed E-state index contributed by atoms with van der Waals surface area (Å²) < 4.78 is 5.91. The normalized spacial score (nSPS) is 15.7. The van der Waals surface area contributed by atoms with Gasteiger partial charge >= 0.3 is 0 Å². The van der Waals surface area contributed by atoms with E-state index < -0.39 is 0 Å². The van der Waals surface area contributed by atoms with Crippen molar-refractivity contribution in [2.75, 3.05) is 0 Å². The Morgan fingerprint density at radius 1 is 0.941 bits per heavy atom. The summed E-state index contributed by atoms with van der Waals surface area (Å²) in [5.41, 5.74) is 2.27. The van der Waals surface area contributed by atoms with Gasteiger partial charge in [0.1, 0.15) is 11.5 Å². The standard InChI is InChI=1S/C15H13ClO/c1-15(2)11-5-3-4-6-13(11)17-14-8-7-10(16)9-12(14)15/h3-9H,1-2H3. The average Bonchev–Trinajstić information content (AvgIpc) is 2.31. The molecule has 1 aliphatic heterocycles. The second-order valence-electron chi connectivity index (χ2n) is 4.86. The van der Waals surface area contributed by atoms with E-state index in [0.29, 0.717) is 0 Å². The van der Waals surface area contributed by atoms with Crippen molar-refractivity contribution in [1.29, 1.82) is 0 Å². The predicted octanol–water partition coefficient (Wildman–Crippen LogP) is 4.77. The van der Waals surface area contributed by atoms with Crippen LogP contribution in [0.1, 0.15) is 25.0 Å². The van der Waals surface area contributed by atoms with E-state index in [1.165, 1.54) is 5.56 Å². The minimum absolute atomic E-state index is 0.0743. The zero-order valence-electron chi connectivity index (χ0n) is 9.83. The van der Waals surface area contributed by atoms with Crippen molar-refractivity contribution in [3.8, 4) is 11.5 Å². The number of ether oxygens (including phenoxy) is 1. The SMILES string of the molecule is CC1(C)c2ccccc2Oc2ccc(Cl)cc21. The summed E-state index contributed by atoms with van der Waals surface area (Å²) in [6, 6.07) is 14.0. The largest absolute Gasteiger partial charge is 0.457 e. The molecule has 2 heteroatoms. The minimum Gasteiger partial charge on any atom is -0.457 e. The van der Waals surface area contributed by atoms with E-state index in [1.807, 2.05) is 36.4 Å². The molecule has 17 heavy (non-hydrogen) atoms. The first-order valence-electron chi connectivity index (χ1n) is 5.66. The molecular formula is C15H13ClO. The third-order valence-electron chi connectivity index (χ3n) is 3.40. The number of hydrogen-bond donors (Lipinski definition) is 0. The Hall–Kier alpha value is -1.47. The molecule has 0 atom stereocenters. The molecule has 86 valence electrons. The van der Waals surface area contributed by atoms with Gasteiger partial charge in [-0.2, -0.15) is 0 Å². The van der Waals surface area contributed by atoms with Gasteiger partial charge in [0.25, 0.3) is 0 Å². The van der Waals surface area contributed by atoms with Gasteiger partial charge in [-0.25, -0.2) is 0 Å². The van der Waals surface area contributed by atoms with Gasteiger partial charge in [0.2, 0.25) is 0 Å². The van der Waals surface area contributed by atoms with Gasteiger partial charge in [0.15, 0.2) is 0 Å². The molecule has 0 amide bonds. The fourth-order valence-corrected chi connectivity index (χ4v) is 2.59. The van der Waals surface area contributed by atoms with Gasteiger partial charge in [-0.15, -0.1) is 0 Å². The molecule has 2 aromatic carbocycles. The summed E-state index contributed by atoms with van der Waals surface area (Å²) in [6.45, 7) is 4.40. The molecule has 0 aromatic heterocycles. The molecule has 1 nitrogen and oxygen atoms in total. The molecule has 0 N–H and O–H groups in total. The van der Waals surface area contributed by atoms with E-state index in [2.05, 4.69) is 19.9 Å². The lowest BCUT2D eigenvalue weighted by atomic mass is 9.76. The zero-order valence-corrected chi connectivity index (χ0v) is 10.6. The van der Waals surface area contributed by atoms with Crippen LogP contribution in [-0.4, -0.2) is 0 Å². The summed E-state index contributed by atoms with van der Waals surface area (Å²) in [6.07, 6.45) is 0. The number of fused-ring (bicyclic) bond motifs is 2. The van der Waals surface area contributed by atoms with Crippen LogP contribution in [-0.2, 0) is 5.41 Å². The first-order valence-corrected chi connectivity index (χ1v) is 6.04. The molecule has 0 saturated heterocycles. The quantitative estimate of drug-likeness (QED) is 0.649. The number of hydrogen-bond acceptors (Lipinski definition) is 1. The third-order valence-corrected chi connectivity index (χ3v) is 3.63. The maximum Gasteiger partial charge on any atom is 0.131 e. The number of benzene rings is 2. The van der Waals surface area contributed by atoms with Crippen molar-refractivity contribution in [1.82, 2.24) is 0 Å². The molecular weight excluding hydrogens is 232 g/mol. The highest BCUT2D eigenvalue weighted by Crippen LogP contribution is 2.48. The zero-order chi connectivity index (χ0) is 12.0. The van der Waals surface area contributed by atoms with E-state index in [0.717, 1.165) is 22.1 Å². The Bertz CT molecular complexity index is 587. The van der Waals surface area contributed by atoms with Crippen molar-refractivity contribution < 1.29 is 4.74 Å². The molecule has 0 aliphatic carbocycles. The predicted molar refractivity (Wildman–Crippen MR) is 70.1 cm³/mol. The average molecular weight is 245 g/mol.